The van der Waals surface area contributed by atoms with Crippen LogP contribution in [0.4, 0.5) is 5.69 Å². The molecule has 27 heavy (non-hydrogen) atoms. The van der Waals surface area contributed by atoms with Gasteiger partial charge in [0.05, 0.1) is 18.3 Å². The summed E-state index contributed by atoms with van der Waals surface area (Å²) in [4.78, 5) is 22.2. The van der Waals surface area contributed by atoms with Crippen LogP contribution < -0.4 is 4.90 Å². The molecule has 0 spiro atoms. The van der Waals surface area contributed by atoms with Gasteiger partial charge in [0.15, 0.2) is 0 Å². The molecule has 4 nitrogen and oxygen atoms in total. The number of carbonyl (C=O) groups is 1. The second kappa shape index (κ2) is 8.66. The molecule has 142 valence electrons. The Kier molecular flexibility index (Phi) is 5.83. The minimum atomic E-state index is 0.175. The fourth-order valence-electron chi connectivity index (χ4n) is 4.69. The highest BCUT2D eigenvalue weighted by atomic mass is 16.2. The number of benzene rings is 1. The van der Waals surface area contributed by atoms with Gasteiger partial charge in [0.25, 0.3) is 0 Å². The van der Waals surface area contributed by atoms with E-state index < -0.39 is 0 Å². The first kappa shape index (κ1) is 18.2. The number of anilines is 1. The molecule has 2 heterocycles. The number of likely N-dealkylation sites (tertiary alicyclic amines) is 1. The zero-order valence-electron chi connectivity index (χ0n) is 16.0. The lowest BCUT2D eigenvalue weighted by Crippen LogP contribution is -2.50. The van der Waals surface area contributed by atoms with Crippen molar-refractivity contribution in [1.29, 1.82) is 0 Å². The second-order valence-electron chi connectivity index (χ2n) is 7.84. The highest BCUT2D eigenvalue weighted by Gasteiger charge is 2.32. The summed E-state index contributed by atoms with van der Waals surface area (Å²) in [5.74, 6) is 0.175. The van der Waals surface area contributed by atoms with Crippen molar-refractivity contribution in [3.63, 3.8) is 0 Å². The largest absolute Gasteiger partial charge is 0.307 e. The fraction of sp³-hybridized carbons (Fsp3) is 0.478. The summed E-state index contributed by atoms with van der Waals surface area (Å²) in [7, 11) is 0. The maximum absolute atomic E-state index is 13.2. The van der Waals surface area contributed by atoms with Gasteiger partial charge < -0.3 is 9.80 Å². The van der Waals surface area contributed by atoms with Crippen LogP contribution in [0.2, 0.25) is 0 Å². The fourth-order valence-corrected chi connectivity index (χ4v) is 4.69. The van der Waals surface area contributed by atoms with Gasteiger partial charge in [-0.3, -0.25) is 9.78 Å². The maximum Gasteiger partial charge on any atom is 0.231 e. The third-order valence-electron chi connectivity index (χ3n) is 6.10. The van der Waals surface area contributed by atoms with E-state index >= 15 is 0 Å². The van der Waals surface area contributed by atoms with Crippen molar-refractivity contribution in [2.75, 3.05) is 18.0 Å². The molecule has 1 aromatic carbocycles. The Morgan fingerprint density at radius 1 is 1.00 bits per heavy atom. The van der Waals surface area contributed by atoms with Gasteiger partial charge in [-0.25, -0.2) is 0 Å². The van der Waals surface area contributed by atoms with Crippen molar-refractivity contribution in [2.24, 2.45) is 0 Å². The minimum absolute atomic E-state index is 0.175. The first-order chi connectivity index (χ1) is 13.3. The molecule has 0 unspecified atom stereocenters. The van der Waals surface area contributed by atoms with Gasteiger partial charge in [-0.1, -0.05) is 43.2 Å². The van der Waals surface area contributed by atoms with Crippen LogP contribution in [-0.2, 0) is 11.2 Å². The zero-order valence-corrected chi connectivity index (χ0v) is 16.0. The summed E-state index contributed by atoms with van der Waals surface area (Å²) >= 11 is 0. The molecule has 1 saturated carbocycles. The van der Waals surface area contributed by atoms with Crippen molar-refractivity contribution < 1.29 is 4.79 Å². The van der Waals surface area contributed by atoms with Gasteiger partial charge >= 0.3 is 0 Å². The van der Waals surface area contributed by atoms with Crippen LogP contribution in [0.1, 0.15) is 44.1 Å². The number of hydrogen-bond donors (Lipinski definition) is 0. The summed E-state index contributed by atoms with van der Waals surface area (Å²) in [6.07, 6.45) is 11.6. The number of nitrogens with zero attached hydrogens (tertiary/aromatic N) is 3. The molecule has 0 radical (unpaired) electrons. The average Bonchev–Trinajstić information content (AvgIpc) is 3.25. The van der Waals surface area contributed by atoms with Crippen LogP contribution >= 0.6 is 0 Å². The van der Waals surface area contributed by atoms with Gasteiger partial charge in [0, 0.05) is 31.4 Å². The molecule has 0 N–H and O–H groups in total. The SMILES string of the molecule is O=C(Cc1ccccc1)N(c1cccnc1)C1CCN(C2CCCC2)CC1. The number of hydrogen-bond acceptors (Lipinski definition) is 3. The standard InChI is InChI=1S/C23H29N3O/c27-23(17-19-7-2-1-3-8-19)26(22-11-6-14-24-18-22)21-12-15-25(16-13-21)20-9-4-5-10-20/h1-3,6-8,11,14,18,20-21H,4-5,9-10,12-13,15-17H2. The van der Waals surface area contributed by atoms with E-state index in [-0.39, 0.29) is 11.9 Å². The first-order valence-electron chi connectivity index (χ1n) is 10.3. The first-order valence-corrected chi connectivity index (χ1v) is 10.3. The van der Waals surface area contributed by atoms with Crippen LogP contribution in [0, 0.1) is 0 Å². The summed E-state index contributed by atoms with van der Waals surface area (Å²) in [6.45, 7) is 2.20. The van der Waals surface area contributed by atoms with E-state index in [1.54, 1.807) is 6.20 Å². The number of carbonyl (C=O) groups excluding carboxylic acids is 1. The Morgan fingerprint density at radius 3 is 2.41 bits per heavy atom. The quantitative estimate of drug-likeness (QED) is 0.804. The van der Waals surface area contributed by atoms with E-state index in [1.807, 2.05) is 53.6 Å². The maximum atomic E-state index is 13.2. The summed E-state index contributed by atoms with van der Waals surface area (Å²) in [6, 6.07) is 15.0. The molecular weight excluding hydrogens is 334 g/mol. The Labute approximate surface area is 162 Å². The van der Waals surface area contributed by atoms with E-state index in [0.717, 1.165) is 43.2 Å². The molecule has 2 fully saturated rings. The number of rotatable bonds is 5. The van der Waals surface area contributed by atoms with E-state index in [4.69, 9.17) is 0 Å². The van der Waals surface area contributed by atoms with Crippen molar-refractivity contribution in [3.8, 4) is 0 Å². The van der Waals surface area contributed by atoms with Crippen LogP contribution in [0.15, 0.2) is 54.9 Å². The predicted octanol–water partition coefficient (Wildman–Crippen LogP) is 4.06. The predicted molar refractivity (Wildman–Crippen MR) is 109 cm³/mol. The van der Waals surface area contributed by atoms with E-state index in [1.165, 1.54) is 25.7 Å². The third-order valence-corrected chi connectivity index (χ3v) is 6.10. The van der Waals surface area contributed by atoms with Crippen LogP contribution in [0.5, 0.6) is 0 Å². The van der Waals surface area contributed by atoms with Gasteiger partial charge in [-0.15, -0.1) is 0 Å². The molecule has 1 amide bonds. The lowest BCUT2D eigenvalue weighted by atomic mass is 9.99. The lowest BCUT2D eigenvalue weighted by molar-refractivity contribution is -0.118. The Bertz CT molecular complexity index is 720. The zero-order chi connectivity index (χ0) is 18.5. The van der Waals surface area contributed by atoms with Crippen LogP contribution in [-0.4, -0.2) is 41.0 Å². The third kappa shape index (κ3) is 4.38. The van der Waals surface area contributed by atoms with Gasteiger partial charge in [-0.05, 0) is 43.4 Å². The van der Waals surface area contributed by atoms with Crippen molar-refractivity contribution >= 4 is 11.6 Å². The highest BCUT2D eigenvalue weighted by molar-refractivity contribution is 5.95. The van der Waals surface area contributed by atoms with Crippen molar-refractivity contribution in [2.45, 2.75) is 57.0 Å². The normalized spacial score (nSPS) is 19.3. The van der Waals surface area contributed by atoms with Crippen LogP contribution in [0.3, 0.4) is 0 Å². The Morgan fingerprint density at radius 2 is 1.74 bits per heavy atom. The summed E-state index contributed by atoms with van der Waals surface area (Å²) < 4.78 is 0. The summed E-state index contributed by atoms with van der Waals surface area (Å²) in [5.41, 5.74) is 2.00. The second-order valence-corrected chi connectivity index (χ2v) is 7.84. The monoisotopic (exact) mass is 363 g/mol. The summed E-state index contributed by atoms with van der Waals surface area (Å²) in [5, 5.41) is 0. The smallest absolute Gasteiger partial charge is 0.231 e. The molecule has 4 heteroatoms. The van der Waals surface area contributed by atoms with Gasteiger partial charge in [0.1, 0.15) is 0 Å². The van der Waals surface area contributed by atoms with Crippen molar-refractivity contribution in [1.82, 2.24) is 9.88 Å². The lowest BCUT2D eigenvalue weighted by Gasteiger charge is -2.40. The molecular formula is C23H29N3O. The number of piperidine rings is 1. The highest BCUT2D eigenvalue weighted by Crippen LogP contribution is 2.29. The molecule has 1 aliphatic carbocycles. The van der Waals surface area contributed by atoms with E-state index in [2.05, 4.69) is 9.88 Å². The minimum Gasteiger partial charge on any atom is -0.307 e. The van der Waals surface area contributed by atoms with Gasteiger partial charge in [0.2, 0.25) is 5.91 Å². The van der Waals surface area contributed by atoms with Crippen molar-refractivity contribution in [3.05, 3.63) is 60.4 Å². The molecule has 4 rings (SSSR count). The van der Waals surface area contributed by atoms with Gasteiger partial charge in [-0.2, -0.15) is 0 Å². The van der Waals surface area contributed by atoms with E-state index in [9.17, 15) is 4.79 Å². The average molecular weight is 364 g/mol. The van der Waals surface area contributed by atoms with E-state index in [0.29, 0.717) is 6.42 Å². The topological polar surface area (TPSA) is 36.4 Å². The number of aromatic nitrogens is 1. The molecule has 1 aromatic heterocycles. The molecule has 0 atom stereocenters. The molecule has 2 aliphatic rings. The molecule has 2 aromatic rings. The Balaban J connectivity index is 1.48. The Hall–Kier alpha value is -2.20. The van der Waals surface area contributed by atoms with Crippen LogP contribution in [0.25, 0.3) is 0 Å². The molecule has 1 aliphatic heterocycles. The number of amides is 1. The number of pyridine rings is 1. The molecule has 0 bridgehead atoms. The molecule has 1 saturated heterocycles.